The van der Waals surface area contributed by atoms with E-state index in [4.69, 9.17) is 10.2 Å². The Morgan fingerprint density at radius 3 is 2.04 bits per heavy atom. The topological polar surface area (TPSA) is 127 Å². The van der Waals surface area contributed by atoms with Gasteiger partial charge in [0.2, 0.25) is 0 Å². The molecule has 0 aromatic rings. The summed E-state index contributed by atoms with van der Waals surface area (Å²) >= 11 is 0. The zero-order valence-electron chi connectivity index (χ0n) is 14.0. The van der Waals surface area contributed by atoms with Crippen molar-refractivity contribution >= 4 is 13.6 Å². The van der Waals surface area contributed by atoms with Crippen LogP contribution in [0.3, 0.4) is 0 Å². The highest BCUT2D eigenvalue weighted by Crippen LogP contribution is 2.46. The molecule has 0 saturated carbocycles. The molecule has 0 aliphatic rings. The third-order valence-electron chi connectivity index (χ3n) is 3.95. The summed E-state index contributed by atoms with van der Waals surface area (Å²) in [4.78, 5) is 29.5. The Labute approximate surface area is 138 Å². The molecule has 0 spiro atoms. The molecule has 138 valence electrons. The summed E-state index contributed by atoms with van der Waals surface area (Å²) in [5, 5.41) is 20.3. The Balaban J connectivity index is 3.90. The van der Waals surface area contributed by atoms with Crippen LogP contribution in [0.15, 0.2) is 0 Å². The minimum Gasteiger partial charge on any atom is -0.480 e. The molecule has 7 nitrogen and oxygen atoms in total. The smallest absolute Gasteiger partial charge is 0.328 e. The van der Waals surface area contributed by atoms with Crippen LogP contribution in [0.4, 0.5) is 0 Å². The summed E-state index contributed by atoms with van der Waals surface area (Å²) in [6, 6.07) is -0.948. The molecule has 1 unspecified atom stereocenters. The van der Waals surface area contributed by atoms with Crippen molar-refractivity contribution < 1.29 is 29.4 Å². The summed E-state index contributed by atoms with van der Waals surface area (Å²) in [5.41, 5.74) is -0.559. The molecule has 0 radical (unpaired) electrons. The van der Waals surface area contributed by atoms with Gasteiger partial charge in [0.05, 0.1) is 12.3 Å². The fraction of sp³-hybridized carbons (Fsp3) is 0.933. The fourth-order valence-corrected chi connectivity index (χ4v) is 3.51. The molecular weight excluding hydrogens is 321 g/mol. The van der Waals surface area contributed by atoms with E-state index in [-0.39, 0.29) is 0 Å². The van der Waals surface area contributed by atoms with Crippen molar-refractivity contribution in [2.75, 3.05) is 13.2 Å². The maximum Gasteiger partial charge on any atom is 0.328 e. The second-order valence-electron chi connectivity index (χ2n) is 5.97. The van der Waals surface area contributed by atoms with Crippen LogP contribution >= 0.6 is 7.60 Å². The van der Waals surface area contributed by atoms with Gasteiger partial charge >= 0.3 is 13.6 Å². The van der Waals surface area contributed by atoms with Gasteiger partial charge < -0.3 is 25.3 Å². The average molecular weight is 353 g/mol. The Hall–Kier alpha value is -0.460. The maximum atomic E-state index is 11.5. The molecule has 0 heterocycles. The lowest BCUT2D eigenvalue weighted by molar-refractivity contribution is -0.140. The van der Waals surface area contributed by atoms with Gasteiger partial charge in [0.1, 0.15) is 6.04 Å². The molecule has 5 N–H and O–H groups in total. The van der Waals surface area contributed by atoms with Gasteiger partial charge in [-0.05, 0) is 25.8 Å². The van der Waals surface area contributed by atoms with Crippen LogP contribution in [0.5, 0.6) is 0 Å². The number of carbonyl (C=O) groups is 1. The number of rotatable bonds is 15. The molecule has 0 saturated heterocycles. The first-order chi connectivity index (χ1) is 10.8. The quantitative estimate of drug-likeness (QED) is 0.225. The van der Waals surface area contributed by atoms with Crippen LogP contribution in [0.25, 0.3) is 0 Å². The van der Waals surface area contributed by atoms with Crippen molar-refractivity contribution in [1.82, 2.24) is 5.32 Å². The molecule has 0 rings (SSSR count). The van der Waals surface area contributed by atoms with Gasteiger partial charge in [0.15, 0.2) is 0 Å². The molecule has 0 fully saturated rings. The van der Waals surface area contributed by atoms with E-state index >= 15 is 0 Å². The molecule has 23 heavy (non-hydrogen) atoms. The number of aliphatic hydroxyl groups is 1. The van der Waals surface area contributed by atoms with Crippen LogP contribution in [0.2, 0.25) is 0 Å². The lowest BCUT2D eigenvalue weighted by Gasteiger charge is -2.18. The normalized spacial score (nSPS) is 14.6. The molecular formula is C15H32NO6P. The highest BCUT2D eigenvalue weighted by atomic mass is 31.2. The Kier molecular flexibility index (Phi) is 12.6. The lowest BCUT2D eigenvalue weighted by atomic mass is 10.1. The SMILES string of the molecule is CCCCCCC(CCCCCN[C@@H](CO)C(=O)O)P(=O)(O)O. The number of carboxylic acids is 1. The van der Waals surface area contributed by atoms with Gasteiger partial charge in [0.25, 0.3) is 0 Å². The molecule has 2 atom stereocenters. The van der Waals surface area contributed by atoms with Crippen LogP contribution in [0.1, 0.15) is 64.7 Å². The predicted molar refractivity (Wildman–Crippen MR) is 89.6 cm³/mol. The Morgan fingerprint density at radius 1 is 1.04 bits per heavy atom. The van der Waals surface area contributed by atoms with E-state index in [1.165, 1.54) is 0 Å². The maximum absolute atomic E-state index is 11.5. The second kappa shape index (κ2) is 12.9. The predicted octanol–water partition coefficient (Wildman–Crippen LogP) is 2.10. The molecule has 0 aliphatic carbocycles. The molecule has 0 aromatic heterocycles. The number of aliphatic carboxylic acids is 1. The van der Waals surface area contributed by atoms with E-state index < -0.39 is 31.9 Å². The number of hydrogen-bond acceptors (Lipinski definition) is 4. The number of hydrogen-bond donors (Lipinski definition) is 5. The van der Waals surface area contributed by atoms with Crippen LogP contribution < -0.4 is 5.32 Å². The Bertz CT molecular complexity index is 360. The summed E-state index contributed by atoms with van der Waals surface area (Å²) in [5.74, 6) is -1.08. The highest BCUT2D eigenvalue weighted by molar-refractivity contribution is 7.52. The van der Waals surface area contributed by atoms with Crippen molar-refractivity contribution in [1.29, 1.82) is 0 Å². The third-order valence-corrected chi connectivity index (χ3v) is 5.42. The molecule has 0 aromatic carbocycles. The lowest BCUT2D eigenvalue weighted by Crippen LogP contribution is -2.40. The standard InChI is InChI=1S/C15H32NO6P/c1-2-3-4-6-9-13(23(20,21)22)10-7-5-8-11-16-14(12-17)15(18)19/h13-14,16-17H,2-12H2,1H3,(H,18,19)(H2,20,21,22)/t13?,14-/m0/s1. The summed E-state index contributed by atoms with van der Waals surface area (Å²) in [6.07, 6.45) is 7.31. The monoisotopic (exact) mass is 353 g/mol. The van der Waals surface area contributed by atoms with Gasteiger partial charge in [0, 0.05) is 0 Å². The molecule has 0 amide bonds. The molecule has 0 aliphatic heterocycles. The van der Waals surface area contributed by atoms with Gasteiger partial charge in [-0.25, -0.2) is 0 Å². The number of carboxylic acid groups (broad SMARTS) is 1. The van der Waals surface area contributed by atoms with Crippen LogP contribution in [0, 0.1) is 0 Å². The van der Waals surface area contributed by atoms with E-state index in [2.05, 4.69) is 12.2 Å². The van der Waals surface area contributed by atoms with Crippen molar-refractivity contribution in [2.24, 2.45) is 0 Å². The summed E-state index contributed by atoms with van der Waals surface area (Å²) in [6.45, 7) is 2.11. The largest absolute Gasteiger partial charge is 0.480 e. The Morgan fingerprint density at radius 2 is 1.61 bits per heavy atom. The van der Waals surface area contributed by atoms with Crippen molar-refractivity contribution in [3.8, 4) is 0 Å². The first kappa shape index (κ1) is 22.5. The van der Waals surface area contributed by atoms with E-state index in [1.54, 1.807) is 0 Å². The number of aliphatic hydroxyl groups excluding tert-OH is 1. The van der Waals surface area contributed by atoms with E-state index in [1.807, 2.05) is 0 Å². The zero-order chi connectivity index (χ0) is 17.7. The van der Waals surface area contributed by atoms with Gasteiger partial charge in [-0.2, -0.15) is 0 Å². The van der Waals surface area contributed by atoms with Crippen molar-refractivity contribution in [3.63, 3.8) is 0 Å². The van der Waals surface area contributed by atoms with Gasteiger partial charge in [-0.3, -0.25) is 9.36 Å². The van der Waals surface area contributed by atoms with E-state index in [0.717, 1.165) is 32.1 Å². The van der Waals surface area contributed by atoms with Crippen molar-refractivity contribution in [3.05, 3.63) is 0 Å². The zero-order valence-corrected chi connectivity index (χ0v) is 14.9. The van der Waals surface area contributed by atoms with E-state index in [0.29, 0.717) is 32.2 Å². The van der Waals surface area contributed by atoms with Gasteiger partial charge in [-0.15, -0.1) is 0 Å². The minimum atomic E-state index is -4.04. The van der Waals surface area contributed by atoms with Crippen LogP contribution in [-0.4, -0.2) is 50.8 Å². The molecule has 0 bridgehead atoms. The van der Waals surface area contributed by atoms with Crippen molar-refractivity contribution in [2.45, 2.75) is 76.4 Å². The third kappa shape index (κ3) is 11.7. The average Bonchev–Trinajstić information content (AvgIpc) is 2.46. The summed E-state index contributed by atoms with van der Waals surface area (Å²) < 4.78 is 11.5. The van der Waals surface area contributed by atoms with Gasteiger partial charge in [-0.1, -0.05) is 45.4 Å². The highest BCUT2D eigenvalue weighted by Gasteiger charge is 2.27. The molecule has 8 heteroatoms. The fourth-order valence-electron chi connectivity index (χ4n) is 2.48. The van der Waals surface area contributed by atoms with E-state index in [9.17, 15) is 19.1 Å². The number of nitrogens with one attached hydrogen (secondary N) is 1. The second-order valence-corrected chi connectivity index (χ2v) is 7.88. The first-order valence-electron chi connectivity index (χ1n) is 8.45. The first-order valence-corrected chi connectivity index (χ1v) is 10.1. The minimum absolute atomic E-state index is 0.451. The summed E-state index contributed by atoms with van der Waals surface area (Å²) in [7, 11) is -4.04. The number of unbranched alkanes of at least 4 members (excludes halogenated alkanes) is 5. The van der Waals surface area contributed by atoms with Crippen LogP contribution in [-0.2, 0) is 9.36 Å².